The van der Waals surface area contributed by atoms with Crippen molar-refractivity contribution in [2.75, 3.05) is 11.4 Å². The van der Waals surface area contributed by atoms with Crippen LogP contribution in [0.3, 0.4) is 0 Å². The molecule has 0 saturated carbocycles. The minimum atomic E-state index is -0.356. The van der Waals surface area contributed by atoms with Gasteiger partial charge in [0.1, 0.15) is 11.6 Å². The standard InChI is InChI=1S/C16H18F2N2/c1-3-20(13-7-4-6-12(17)10-13)16-14(11(2)19)8-5-9-15(16)18/h4-11H,3,19H2,1-2H3/t11-/m1/s1. The van der Waals surface area contributed by atoms with Crippen molar-refractivity contribution in [3.63, 3.8) is 0 Å². The Hall–Kier alpha value is -1.94. The number of hydrogen-bond acceptors (Lipinski definition) is 2. The zero-order chi connectivity index (χ0) is 14.7. The molecule has 0 fully saturated rings. The van der Waals surface area contributed by atoms with Crippen molar-refractivity contribution in [2.45, 2.75) is 19.9 Å². The van der Waals surface area contributed by atoms with E-state index in [4.69, 9.17) is 5.73 Å². The molecule has 20 heavy (non-hydrogen) atoms. The molecule has 2 N–H and O–H groups in total. The number of halogens is 2. The van der Waals surface area contributed by atoms with Crippen LogP contribution in [-0.2, 0) is 0 Å². The van der Waals surface area contributed by atoms with Crippen molar-refractivity contribution in [2.24, 2.45) is 5.73 Å². The van der Waals surface area contributed by atoms with Crippen LogP contribution in [0, 0.1) is 11.6 Å². The van der Waals surface area contributed by atoms with Gasteiger partial charge in [0.25, 0.3) is 0 Å². The topological polar surface area (TPSA) is 29.3 Å². The molecule has 2 nitrogen and oxygen atoms in total. The van der Waals surface area contributed by atoms with Crippen molar-refractivity contribution in [3.8, 4) is 0 Å². The molecule has 0 spiro atoms. The van der Waals surface area contributed by atoms with Gasteiger partial charge in [0.15, 0.2) is 0 Å². The maximum Gasteiger partial charge on any atom is 0.147 e. The maximum absolute atomic E-state index is 14.2. The van der Waals surface area contributed by atoms with Gasteiger partial charge < -0.3 is 10.6 Å². The number of anilines is 2. The molecule has 106 valence electrons. The van der Waals surface area contributed by atoms with E-state index in [1.165, 1.54) is 18.2 Å². The maximum atomic E-state index is 14.2. The minimum absolute atomic E-state index is 0.302. The molecule has 2 aromatic rings. The lowest BCUT2D eigenvalue weighted by molar-refractivity contribution is 0.617. The van der Waals surface area contributed by atoms with Crippen LogP contribution in [0.25, 0.3) is 0 Å². The lowest BCUT2D eigenvalue weighted by Gasteiger charge is -2.27. The molecule has 2 rings (SSSR count). The highest BCUT2D eigenvalue weighted by Crippen LogP contribution is 2.33. The number of rotatable bonds is 4. The molecule has 0 amide bonds. The van der Waals surface area contributed by atoms with Gasteiger partial charge in [-0.25, -0.2) is 8.78 Å². The Balaban J connectivity index is 2.57. The molecular weight excluding hydrogens is 258 g/mol. The first kappa shape index (κ1) is 14.5. The van der Waals surface area contributed by atoms with Gasteiger partial charge in [-0.05, 0) is 43.7 Å². The summed E-state index contributed by atoms with van der Waals surface area (Å²) in [6.07, 6.45) is 0. The first-order valence-corrected chi connectivity index (χ1v) is 6.61. The third-order valence-corrected chi connectivity index (χ3v) is 3.21. The quantitative estimate of drug-likeness (QED) is 0.909. The van der Waals surface area contributed by atoms with Crippen molar-refractivity contribution in [1.29, 1.82) is 0 Å². The highest BCUT2D eigenvalue weighted by Gasteiger charge is 2.18. The van der Waals surface area contributed by atoms with Crippen LogP contribution in [0.1, 0.15) is 25.5 Å². The van der Waals surface area contributed by atoms with Crippen LogP contribution >= 0.6 is 0 Å². The largest absolute Gasteiger partial charge is 0.339 e. The van der Waals surface area contributed by atoms with E-state index >= 15 is 0 Å². The van der Waals surface area contributed by atoms with Gasteiger partial charge in [-0.3, -0.25) is 0 Å². The van der Waals surface area contributed by atoms with Crippen LogP contribution in [0.15, 0.2) is 42.5 Å². The third-order valence-electron chi connectivity index (χ3n) is 3.21. The van der Waals surface area contributed by atoms with E-state index in [0.717, 1.165) is 0 Å². The molecule has 0 radical (unpaired) electrons. The van der Waals surface area contributed by atoms with Crippen LogP contribution in [0.2, 0.25) is 0 Å². The van der Waals surface area contributed by atoms with Crippen molar-refractivity contribution < 1.29 is 8.78 Å². The van der Waals surface area contributed by atoms with Crippen LogP contribution in [0.4, 0.5) is 20.2 Å². The lowest BCUT2D eigenvalue weighted by atomic mass is 10.0. The van der Waals surface area contributed by atoms with Gasteiger partial charge in [0.2, 0.25) is 0 Å². The van der Waals surface area contributed by atoms with E-state index in [1.807, 2.05) is 6.92 Å². The van der Waals surface area contributed by atoms with Crippen LogP contribution < -0.4 is 10.6 Å². The summed E-state index contributed by atoms with van der Waals surface area (Å²) < 4.78 is 27.6. The molecule has 0 heterocycles. The fourth-order valence-electron chi connectivity index (χ4n) is 2.30. The number of benzene rings is 2. The zero-order valence-electron chi connectivity index (χ0n) is 11.6. The summed E-state index contributed by atoms with van der Waals surface area (Å²) in [5.41, 5.74) is 7.64. The molecule has 0 aliphatic heterocycles. The molecule has 0 aromatic heterocycles. The van der Waals surface area contributed by atoms with Crippen molar-refractivity contribution in [1.82, 2.24) is 0 Å². The average molecular weight is 276 g/mol. The van der Waals surface area contributed by atoms with Crippen molar-refractivity contribution >= 4 is 11.4 Å². The SMILES string of the molecule is CCN(c1cccc(F)c1)c1c(F)cccc1[C@@H](C)N. The molecule has 2 aromatic carbocycles. The highest BCUT2D eigenvalue weighted by atomic mass is 19.1. The van der Waals surface area contributed by atoms with Crippen LogP contribution in [-0.4, -0.2) is 6.54 Å². The molecule has 1 atom stereocenters. The lowest BCUT2D eigenvalue weighted by Crippen LogP contribution is -2.21. The Morgan fingerprint density at radius 3 is 2.45 bits per heavy atom. The Bertz CT molecular complexity index is 597. The van der Waals surface area contributed by atoms with E-state index in [9.17, 15) is 8.78 Å². The first-order valence-electron chi connectivity index (χ1n) is 6.61. The van der Waals surface area contributed by atoms with Gasteiger partial charge in [0.05, 0.1) is 5.69 Å². The van der Waals surface area contributed by atoms with E-state index in [2.05, 4.69) is 0 Å². The first-order chi connectivity index (χ1) is 9.54. The smallest absolute Gasteiger partial charge is 0.147 e. The normalized spacial score (nSPS) is 12.2. The average Bonchev–Trinajstić information content (AvgIpc) is 2.41. The Morgan fingerprint density at radius 2 is 1.85 bits per heavy atom. The molecule has 4 heteroatoms. The summed E-state index contributed by atoms with van der Waals surface area (Å²) in [6, 6.07) is 10.6. The summed E-state index contributed by atoms with van der Waals surface area (Å²) in [6.45, 7) is 4.21. The van der Waals surface area contributed by atoms with Crippen LogP contribution in [0.5, 0.6) is 0 Å². The summed E-state index contributed by atoms with van der Waals surface area (Å²) >= 11 is 0. The Kier molecular flexibility index (Phi) is 4.35. The monoisotopic (exact) mass is 276 g/mol. The van der Waals surface area contributed by atoms with Gasteiger partial charge in [-0.1, -0.05) is 18.2 Å². The fraction of sp³-hybridized carbons (Fsp3) is 0.250. The van der Waals surface area contributed by atoms with Gasteiger partial charge in [-0.15, -0.1) is 0 Å². The summed E-state index contributed by atoms with van der Waals surface area (Å²) in [7, 11) is 0. The minimum Gasteiger partial charge on any atom is -0.339 e. The van der Waals surface area contributed by atoms with Gasteiger partial charge >= 0.3 is 0 Å². The van der Waals surface area contributed by atoms with Gasteiger partial charge in [-0.2, -0.15) is 0 Å². The predicted octanol–water partition coefficient (Wildman–Crippen LogP) is 4.14. The van der Waals surface area contributed by atoms with E-state index in [-0.39, 0.29) is 17.7 Å². The van der Waals surface area contributed by atoms with E-state index < -0.39 is 0 Å². The summed E-state index contributed by atoms with van der Waals surface area (Å²) in [4.78, 5) is 1.73. The number of hydrogen-bond donors (Lipinski definition) is 1. The van der Waals surface area contributed by atoms with Gasteiger partial charge in [0, 0.05) is 18.3 Å². The fourth-order valence-corrected chi connectivity index (χ4v) is 2.30. The number of para-hydroxylation sites is 1. The molecule has 0 unspecified atom stereocenters. The number of nitrogens with zero attached hydrogens (tertiary/aromatic N) is 1. The van der Waals surface area contributed by atoms with Crippen molar-refractivity contribution in [3.05, 3.63) is 59.7 Å². The zero-order valence-corrected chi connectivity index (χ0v) is 11.6. The highest BCUT2D eigenvalue weighted by molar-refractivity contribution is 5.67. The second-order valence-electron chi connectivity index (χ2n) is 4.69. The molecule has 0 aliphatic rings. The predicted molar refractivity (Wildman–Crippen MR) is 78.1 cm³/mol. The Labute approximate surface area is 117 Å². The summed E-state index contributed by atoms with van der Waals surface area (Å²) in [5, 5.41) is 0. The van der Waals surface area contributed by atoms with E-state index in [0.29, 0.717) is 23.5 Å². The number of nitrogens with two attached hydrogens (primary N) is 1. The second kappa shape index (κ2) is 6.01. The van der Waals surface area contributed by atoms with E-state index in [1.54, 1.807) is 36.1 Å². The summed E-state index contributed by atoms with van der Waals surface area (Å²) in [5.74, 6) is -0.703. The Morgan fingerprint density at radius 1 is 1.15 bits per heavy atom. The molecular formula is C16H18F2N2. The molecule has 0 saturated heterocycles. The molecule has 0 aliphatic carbocycles. The molecule has 0 bridgehead atoms. The third kappa shape index (κ3) is 2.80. The second-order valence-corrected chi connectivity index (χ2v) is 4.69.